The third-order valence-corrected chi connectivity index (χ3v) is 4.59. The van der Waals surface area contributed by atoms with E-state index in [2.05, 4.69) is 17.1 Å². The zero-order valence-electron chi connectivity index (χ0n) is 11.3. The van der Waals surface area contributed by atoms with Crippen molar-refractivity contribution in [3.8, 4) is 0 Å². The minimum absolute atomic E-state index is 0.0858. The molecule has 3 aromatic rings. The molecule has 1 N–H and O–H groups in total. The molecule has 0 aliphatic heterocycles. The van der Waals surface area contributed by atoms with E-state index in [0.29, 0.717) is 10.9 Å². The molecule has 4 rings (SSSR count). The molecule has 1 fully saturated rings. The maximum Gasteiger partial charge on any atom is 0.168 e. The van der Waals surface area contributed by atoms with Crippen molar-refractivity contribution >= 4 is 28.3 Å². The second-order valence-electron chi connectivity index (χ2n) is 5.59. The van der Waals surface area contributed by atoms with Gasteiger partial charge >= 0.3 is 0 Å². The lowest BCUT2D eigenvalue weighted by atomic mass is 10.0. The van der Waals surface area contributed by atoms with Gasteiger partial charge in [-0.3, -0.25) is 4.79 Å². The van der Waals surface area contributed by atoms with Crippen molar-refractivity contribution in [1.29, 1.82) is 0 Å². The fraction of sp³-hybridized carbons (Fsp3) is 0.167. The molecule has 2 unspecified atom stereocenters. The summed E-state index contributed by atoms with van der Waals surface area (Å²) < 4.78 is 0. The lowest BCUT2D eigenvalue weighted by molar-refractivity contribution is 0.0967. The first kappa shape index (κ1) is 12.7. The van der Waals surface area contributed by atoms with Gasteiger partial charge in [-0.15, -0.1) is 0 Å². The second kappa shape index (κ2) is 4.74. The van der Waals surface area contributed by atoms with Gasteiger partial charge in [-0.2, -0.15) is 0 Å². The summed E-state index contributed by atoms with van der Waals surface area (Å²) in [5.74, 6) is 0.636. The van der Waals surface area contributed by atoms with Gasteiger partial charge < -0.3 is 4.98 Å². The summed E-state index contributed by atoms with van der Waals surface area (Å²) in [6.45, 7) is 0. The third kappa shape index (κ3) is 2.07. The molecule has 1 aromatic heterocycles. The van der Waals surface area contributed by atoms with Crippen LogP contribution in [-0.4, -0.2) is 10.8 Å². The van der Waals surface area contributed by atoms with E-state index in [-0.39, 0.29) is 11.7 Å². The Hall–Kier alpha value is -2.06. The highest BCUT2D eigenvalue weighted by atomic mass is 35.5. The molecule has 3 heteroatoms. The van der Waals surface area contributed by atoms with E-state index in [0.717, 1.165) is 22.9 Å². The van der Waals surface area contributed by atoms with Crippen molar-refractivity contribution < 1.29 is 4.79 Å². The van der Waals surface area contributed by atoms with Crippen LogP contribution in [0.5, 0.6) is 0 Å². The summed E-state index contributed by atoms with van der Waals surface area (Å²) in [6, 6.07) is 15.9. The Bertz CT molecular complexity index is 822. The summed E-state index contributed by atoms with van der Waals surface area (Å²) in [4.78, 5) is 15.9. The van der Waals surface area contributed by atoms with Crippen molar-refractivity contribution in [2.75, 3.05) is 0 Å². The van der Waals surface area contributed by atoms with Crippen molar-refractivity contribution in [3.05, 3.63) is 70.9 Å². The Kier molecular flexibility index (Phi) is 2.86. The number of H-pyrrole nitrogens is 1. The molecule has 0 bridgehead atoms. The minimum atomic E-state index is 0.0858. The summed E-state index contributed by atoms with van der Waals surface area (Å²) in [6.07, 6.45) is 2.72. The quantitative estimate of drug-likeness (QED) is 0.691. The number of benzene rings is 2. The van der Waals surface area contributed by atoms with Gasteiger partial charge in [0.2, 0.25) is 0 Å². The van der Waals surface area contributed by atoms with Crippen LogP contribution in [0.3, 0.4) is 0 Å². The van der Waals surface area contributed by atoms with Crippen molar-refractivity contribution in [2.24, 2.45) is 5.92 Å². The lowest BCUT2D eigenvalue weighted by Crippen LogP contribution is -2.02. The van der Waals surface area contributed by atoms with Gasteiger partial charge in [-0.1, -0.05) is 48.0 Å². The largest absolute Gasteiger partial charge is 0.360 e. The maximum atomic E-state index is 12.7. The molecule has 2 aromatic carbocycles. The van der Waals surface area contributed by atoms with Gasteiger partial charge in [-0.05, 0) is 30.0 Å². The Morgan fingerprint density at radius 3 is 2.71 bits per heavy atom. The Morgan fingerprint density at radius 1 is 1.10 bits per heavy atom. The standard InChI is InChI=1S/C18H14ClNO/c19-15-7-4-8-16-17(15)14(10-20-16)18(21)13-9-12(13)11-5-2-1-3-6-11/h1-8,10,12-13,20H,9H2. The lowest BCUT2D eigenvalue weighted by Gasteiger charge is -2.01. The van der Waals surface area contributed by atoms with Crippen molar-refractivity contribution in [3.63, 3.8) is 0 Å². The van der Waals surface area contributed by atoms with Crippen LogP contribution in [-0.2, 0) is 0 Å². The zero-order valence-corrected chi connectivity index (χ0v) is 12.1. The highest BCUT2D eigenvalue weighted by molar-refractivity contribution is 6.37. The Morgan fingerprint density at radius 2 is 1.90 bits per heavy atom. The first-order valence-electron chi connectivity index (χ1n) is 7.10. The molecule has 0 radical (unpaired) electrons. The number of rotatable bonds is 3. The SMILES string of the molecule is O=C(c1c[nH]c2cccc(Cl)c12)C1CC1c1ccccc1. The highest BCUT2D eigenvalue weighted by Crippen LogP contribution is 2.49. The number of Topliss-reactive ketones (excluding diaryl/α,β-unsaturated/α-hetero) is 1. The third-order valence-electron chi connectivity index (χ3n) is 4.28. The fourth-order valence-electron chi connectivity index (χ4n) is 3.09. The summed E-state index contributed by atoms with van der Waals surface area (Å²) in [5, 5.41) is 1.48. The van der Waals surface area contributed by atoms with Crippen LogP contribution in [0.4, 0.5) is 0 Å². The van der Waals surface area contributed by atoms with Gasteiger partial charge in [0.1, 0.15) is 0 Å². The van der Waals surface area contributed by atoms with E-state index in [1.54, 1.807) is 6.20 Å². The molecule has 0 saturated heterocycles. The smallest absolute Gasteiger partial charge is 0.168 e. The zero-order chi connectivity index (χ0) is 14.4. The Balaban J connectivity index is 1.67. The van der Waals surface area contributed by atoms with E-state index in [4.69, 9.17) is 11.6 Å². The molecule has 1 saturated carbocycles. The van der Waals surface area contributed by atoms with Crippen molar-refractivity contribution in [1.82, 2.24) is 4.98 Å². The van der Waals surface area contributed by atoms with E-state index >= 15 is 0 Å². The number of nitrogens with one attached hydrogen (secondary N) is 1. The van der Waals surface area contributed by atoms with E-state index in [1.807, 2.05) is 36.4 Å². The molecule has 1 aliphatic rings. The molecule has 2 atom stereocenters. The monoisotopic (exact) mass is 295 g/mol. The van der Waals surface area contributed by atoms with Gasteiger partial charge in [0.15, 0.2) is 5.78 Å². The number of fused-ring (bicyclic) bond motifs is 1. The Labute approximate surface area is 127 Å². The van der Waals surface area contributed by atoms with E-state index in [1.165, 1.54) is 5.56 Å². The number of aromatic nitrogens is 1. The molecule has 1 aliphatic carbocycles. The van der Waals surface area contributed by atoms with Crippen LogP contribution in [0.25, 0.3) is 10.9 Å². The molecule has 0 spiro atoms. The van der Waals surface area contributed by atoms with Gasteiger partial charge in [0.05, 0.1) is 5.02 Å². The predicted octanol–water partition coefficient (Wildman–Crippen LogP) is 4.81. The average Bonchev–Trinajstić information content (AvgIpc) is 3.20. The van der Waals surface area contributed by atoms with Crippen LogP contribution in [0.15, 0.2) is 54.7 Å². The maximum absolute atomic E-state index is 12.7. The number of hydrogen-bond acceptors (Lipinski definition) is 1. The van der Waals surface area contributed by atoms with Crippen LogP contribution in [0, 0.1) is 5.92 Å². The van der Waals surface area contributed by atoms with Crippen LogP contribution in [0.1, 0.15) is 28.3 Å². The first-order chi connectivity index (χ1) is 10.3. The number of ketones is 1. The summed E-state index contributed by atoms with van der Waals surface area (Å²) in [5.41, 5.74) is 2.89. The summed E-state index contributed by atoms with van der Waals surface area (Å²) in [7, 11) is 0. The highest BCUT2D eigenvalue weighted by Gasteiger charge is 2.44. The number of hydrogen-bond donors (Lipinski definition) is 1. The average molecular weight is 296 g/mol. The molecular weight excluding hydrogens is 282 g/mol. The van der Waals surface area contributed by atoms with Gasteiger partial charge in [-0.25, -0.2) is 0 Å². The minimum Gasteiger partial charge on any atom is -0.360 e. The number of aromatic amines is 1. The van der Waals surface area contributed by atoms with Crippen molar-refractivity contribution in [2.45, 2.75) is 12.3 Å². The molecule has 2 nitrogen and oxygen atoms in total. The van der Waals surface area contributed by atoms with Crippen LogP contribution >= 0.6 is 11.6 Å². The van der Waals surface area contributed by atoms with E-state index in [9.17, 15) is 4.79 Å². The van der Waals surface area contributed by atoms with E-state index < -0.39 is 0 Å². The number of carbonyl (C=O) groups excluding carboxylic acids is 1. The predicted molar refractivity (Wildman–Crippen MR) is 84.9 cm³/mol. The normalized spacial score (nSPS) is 20.6. The van der Waals surface area contributed by atoms with Crippen LogP contribution in [0.2, 0.25) is 5.02 Å². The molecule has 21 heavy (non-hydrogen) atoms. The molecule has 104 valence electrons. The van der Waals surface area contributed by atoms with Crippen LogP contribution < -0.4 is 0 Å². The van der Waals surface area contributed by atoms with Gasteiger partial charge in [0, 0.05) is 28.6 Å². The molecule has 0 amide bonds. The fourth-order valence-corrected chi connectivity index (χ4v) is 3.36. The summed E-state index contributed by atoms with van der Waals surface area (Å²) >= 11 is 6.25. The topological polar surface area (TPSA) is 32.9 Å². The van der Waals surface area contributed by atoms with Gasteiger partial charge in [0.25, 0.3) is 0 Å². The number of halogens is 1. The first-order valence-corrected chi connectivity index (χ1v) is 7.48. The number of carbonyl (C=O) groups is 1. The molecular formula is C18H14ClNO. The molecule has 1 heterocycles. The second-order valence-corrected chi connectivity index (χ2v) is 6.00.